The normalized spacial score (nSPS) is 19.3. The number of carbonyl (C=O) groups excluding carboxylic acids is 1. The molecule has 1 aliphatic carbocycles. The van der Waals surface area contributed by atoms with Gasteiger partial charge in [-0.25, -0.2) is 4.39 Å². The summed E-state index contributed by atoms with van der Waals surface area (Å²) in [5.74, 6) is -0.468. The summed E-state index contributed by atoms with van der Waals surface area (Å²) in [5.41, 5.74) is 4.39. The molecular formula is C34H38Cl2FN3O2. The summed E-state index contributed by atoms with van der Waals surface area (Å²) in [7, 11) is 1.86. The molecule has 42 heavy (non-hydrogen) atoms. The Bertz CT molecular complexity index is 1450. The summed E-state index contributed by atoms with van der Waals surface area (Å²) in [6.07, 6.45) is 5.17. The van der Waals surface area contributed by atoms with Gasteiger partial charge in [-0.1, -0.05) is 59.1 Å². The lowest BCUT2D eigenvalue weighted by Crippen LogP contribution is -2.51. The van der Waals surface area contributed by atoms with Crippen LogP contribution in [0, 0.1) is 12.7 Å². The van der Waals surface area contributed by atoms with Crippen molar-refractivity contribution in [1.82, 2.24) is 9.80 Å². The van der Waals surface area contributed by atoms with E-state index in [0.717, 1.165) is 74.1 Å². The molecule has 3 aromatic rings. The van der Waals surface area contributed by atoms with Gasteiger partial charge in [0.25, 0.3) is 0 Å². The minimum Gasteiger partial charge on any atom is -0.357 e. The number of piperidine rings is 1. The van der Waals surface area contributed by atoms with Crippen LogP contribution in [-0.4, -0.2) is 48.1 Å². The Kier molecular flexibility index (Phi) is 8.27. The molecule has 1 atom stereocenters. The number of carbonyl (C=O) groups is 1. The third-order valence-corrected chi connectivity index (χ3v) is 9.86. The highest BCUT2D eigenvalue weighted by Crippen LogP contribution is 2.54. The number of anilines is 1. The molecule has 2 spiro atoms. The fraction of sp³-hybridized carbons (Fsp3) is 0.441. The molecule has 0 bridgehead atoms. The number of hydrogen-bond acceptors (Lipinski definition) is 4. The average Bonchev–Trinajstić information content (AvgIpc) is 3.72. The third-order valence-electron chi connectivity index (χ3n) is 9.12. The molecule has 2 fully saturated rings. The number of ether oxygens (including phenoxy) is 1. The van der Waals surface area contributed by atoms with Crippen molar-refractivity contribution in [2.75, 3.05) is 32.0 Å². The van der Waals surface area contributed by atoms with Crippen LogP contribution in [-0.2, 0) is 21.7 Å². The highest BCUT2D eigenvalue weighted by molar-refractivity contribution is 6.42. The number of rotatable bonds is 8. The van der Waals surface area contributed by atoms with Crippen LogP contribution in [0.5, 0.6) is 0 Å². The van der Waals surface area contributed by atoms with E-state index in [1.54, 1.807) is 17.0 Å². The van der Waals surface area contributed by atoms with E-state index in [0.29, 0.717) is 23.0 Å². The van der Waals surface area contributed by atoms with Crippen LogP contribution < -0.4 is 5.32 Å². The summed E-state index contributed by atoms with van der Waals surface area (Å²) < 4.78 is 21.0. The van der Waals surface area contributed by atoms with Crippen molar-refractivity contribution in [1.29, 1.82) is 0 Å². The molecule has 0 radical (unpaired) electrons. The van der Waals surface area contributed by atoms with Crippen LogP contribution in [0.15, 0.2) is 60.7 Å². The molecular weight excluding hydrogens is 572 g/mol. The summed E-state index contributed by atoms with van der Waals surface area (Å²) in [6.45, 7) is 5.21. The Balaban J connectivity index is 1.11. The van der Waals surface area contributed by atoms with Crippen LogP contribution in [0.4, 0.5) is 10.1 Å². The number of halogens is 3. The molecule has 0 aromatic heterocycles. The van der Waals surface area contributed by atoms with Crippen LogP contribution in [0.1, 0.15) is 66.7 Å². The van der Waals surface area contributed by atoms with Crippen molar-refractivity contribution in [3.8, 4) is 0 Å². The van der Waals surface area contributed by atoms with Gasteiger partial charge in [0.15, 0.2) is 0 Å². The van der Waals surface area contributed by atoms with Gasteiger partial charge < -0.3 is 19.9 Å². The van der Waals surface area contributed by atoms with Crippen molar-refractivity contribution in [3.63, 3.8) is 0 Å². The predicted molar refractivity (Wildman–Crippen MR) is 167 cm³/mol. The van der Waals surface area contributed by atoms with E-state index in [1.165, 1.54) is 11.6 Å². The summed E-state index contributed by atoms with van der Waals surface area (Å²) in [4.78, 5) is 18.0. The highest BCUT2D eigenvalue weighted by Gasteiger charge is 2.55. The minimum atomic E-state index is -0.451. The first kappa shape index (κ1) is 29.4. The zero-order valence-corrected chi connectivity index (χ0v) is 25.8. The lowest BCUT2D eigenvalue weighted by atomic mass is 9.81. The second-order valence-corrected chi connectivity index (χ2v) is 13.1. The lowest BCUT2D eigenvalue weighted by Gasteiger charge is -2.48. The first-order valence-corrected chi connectivity index (χ1v) is 15.7. The molecule has 3 aliphatic rings. The van der Waals surface area contributed by atoms with Crippen LogP contribution in [0.25, 0.3) is 0 Å². The monoisotopic (exact) mass is 609 g/mol. The molecule has 1 unspecified atom stereocenters. The Labute approximate surface area is 257 Å². The predicted octanol–water partition coefficient (Wildman–Crippen LogP) is 7.89. The van der Waals surface area contributed by atoms with Gasteiger partial charge in [-0.15, -0.1) is 0 Å². The Hall–Kier alpha value is -2.64. The molecule has 6 rings (SSSR count). The number of benzene rings is 3. The molecule has 5 nitrogen and oxygen atoms in total. The fourth-order valence-electron chi connectivity index (χ4n) is 6.54. The number of amides is 1. The average molecular weight is 611 g/mol. The van der Waals surface area contributed by atoms with Crippen molar-refractivity contribution >= 4 is 34.8 Å². The maximum absolute atomic E-state index is 14.3. The molecule has 222 valence electrons. The number of hydrogen-bond donors (Lipinski definition) is 1. The number of aryl methyl sites for hydroxylation is 1. The van der Waals surface area contributed by atoms with Gasteiger partial charge in [0.2, 0.25) is 5.91 Å². The maximum Gasteiger partial charge on any atom is 0.230 e. The van der Waals surface area contributed by atoms with Gasteiger partial charge in [0.05, 0.1) is 16.0 Å². The largest absolute Gasteiger partial charge is 0.357 e. The van der Waals surface area contributed by atoms with E-state index in [4.69, 9.17) is 27.9 Å². The standard InChI is InChI=1S/C34H38Cl2FN3O2/c1-23-5-7-24(8-6-23)22-39(2)32(41)27(25-9-11-29(35)30(36)20-25)4-3-17-40-18-15-33(16-19-40)28-21-26(37)10-12-31(28)38-34(42-33)13-14-34/h5-12,20-21,27,38H,3-4,13-19,22H2,1-2H3. The van der Waals surface area contributed by atoms with Crippen LogP contribution in [0.3, 0.4) is 0 Å². The molecule has 1 saturated carbocycles. The minimum absolute atomic E-state index is 0.0723. The van der Waals surface area contributed by atoms with Crippen molar-refractivity contribution < 1.29 is 13.9 Å². The van der Waals surface area contributed by atoms with E-state index in [9.17, 15) is 9.18 Å². The number of likely N-dealkylation sites (N-methyl/N-ethyl adjacent to an activating group) is 1. The molecule has 1 amide bonds. The smallest absolute Gasteiger partial charge is 0.230 e. The van der Waals surface area contributed by atoms with E-state index in [2.05, 4.69) is 41.4 Å². The molecule has 2 heterocycles. The van der Waals surface area contributed by atoms with E-state index in [1.807, 2.05) is 25.2 Å². The molecule has 2 aliphatic heterocycles. The molecule has 8 heteroatoms. The molecule has 1 saturated heterocycles. The molecule has 3 aromatic carbocycles. The van der Waals surface area contributed by atoms with Gasteiger partial charge >= 0.3 is 0 Å². The van der Waals surface area contributed by atoms with Gasteiger partial charge in [-0.2, -0.15) is 0 Å². The van der Waals surface area contributed by atoms with Crippen molar-refractivity contribution in [3.05, 3.63) is 98.8 Å². The highest BCUT2D eigenvalue weighted by atomic mass is 35.5. The Morgan fingerprint density at radius 1 is 1.02 bits per heavy atom. The number of nitrogens with zero attached hydrogens (tertiary/aromatic N) is 2. The quantitative estimate of drug-likeness (QED) is 0.282. The van der Waals surface area contributed by atoms with E-state index in [-0.39, 0.29) is 23.4 Å². The Morgan fingerprint density at radius 2 is 1.76 bits per heavy atom. The van der Waals surface area contributed by atoms with Crippen LogP contribution >= 0.6 is 23.2 Å². The van der Waals surface area contributed by atoms with E-state index < -0.39 is 5.60 Å². The van der Waals surface area contributed by atoms with Gasteiger partial charge in [0.1, 0.15) is 17.1 Å². The summed E-state index contributed by atoms with van der Waals surface area (Å²) in [6, 6.07) is 18.8. The number of fused-ring (bicyclic) bond motifs is 2. The fourth-order valence-corrected chi connectivity index (χ4v) is 6.85. The SMILES string of the molecule is Cc1ccc(CN(C)C(=O)C(CCCN2CCC3(CC2)OC2(CC2)Nc2ccc(F)cc23)c2ccc(Cl)c(Cl)c2)cc1. The first-order valence-electron chi connectivity index (χ1n) is 14.9. The lowest BCUT2D eigenvalue weighted by molar-refractivity contribution is -0.139. The Morgan fingerprint density at radius 3 is 2.45 bits per heavy atom. The van der Waals surface area contributed by atoms with Gasteiger partial charge in [-0.3, -0.25) is 4.79 Å². The number of likely N-dealkylation sites (tertiary alicyclic amines) is 1. The van der Waals surface area contributed by atoms with Gasteiger partial charge in [-0.05, 0) is 93.5 Å². The number of nitrogens with one attached hydrogen (secondary N) is 1. The second-order valence-electron chi connectivity index (χ2n) is 12.3. The second kappa shape index (κ2) is 11.8. The maximum atomic E-state index is 14.3. The van der Waals surface area contributed by atoms with Crippen molar-refractivity contribution in [2.24, 2.45) is 0 Å². The molecule has 1 N–H and O–H groups in total. The van der Waals surface area contributed by atoms with Crippen molar-refractivity contribution in [2.45, 2.75) is 69.2 Å². The first-order chi connectivity index (χ1) is 20.2. The van der Waals surface area contributed by atoms with E-state index >= 15 is 0 Å². The van der Waals surface area contributed by atoms with Gasteiger partial charge in [0, 0.05) is 37.9 Å². The summed E-state index contributed by atoms with van der Waals surface area (Å²) in [5, 5.41) is 4.45. The summed E-state index contributed by atoms with van der Waals surface area (Å²) >= 11 is 12.6. The third kappa shape index (κ3) is 6.19. The zero-order chi connectivity index (χ0) is 29.5. The topological polar surface area (TPSA) is 44.8 Å². The van der Waals surface area contributed by atoms with Crippen LogP contribution in [0.2, 0.25) is 10.0 Å². The zero-order valence-electron chi connectivity index (χ0n) is 24.3.